The second-order valence-electron chi connectivity index (χ2n) is 6.65. The molecule has 156 valence electrons. The number of hydrogen-bond donors (Lipinski definition) is 4. The van der Waals surface area contributed by atoms with Crippen LogP contribution in [0.5, 0.6) is 0 Å². The number of carboxylic acids is 2. The van der Waals surface area contributed by atoms with Crippen LogP contribution in [0.1, 0.15) is 20.3 Å². The molecule has 0 amide bonds. The second kappa shape index (κ2) is 9.80. The Hall–Kier alpha value is -3.24. The van der Waals surface area contributed by atoms with Crippen LogP contribution in [0.2, 0.25) is 0 Å². The molecule has 1 fully saturated rings. The largest absolute Gasteiger partial charge is 0.481 e. The number of hydrogen-bond acceptors (Lipinski definition) is 6. The van der Waals surface area contributed by atoms with Crippen LogP contribution < -0.4 is 5.32 Å². The molecule has 10 nitrogen and oxygen atoms in total. The van der Waals surface area contributed by atoms with E-state index in [1.54, 1.807) is 12.4 Å². The molecule has 4 N–H and O–H groups in total. The van der Waals surface area contributed by atoms with Gasteiger partial charge in [-0.25, -0.2) is 9.50 Å². The van der Waals surface area contributed by atoms with Crippen molar-refractivity contribution >= 4 is 17.5 Å². The molecular weight excluding hydrogens is 378 g/mol. The summed E-state index contributed by atoms with van der Waals surface area (Å²) < 4.78 is 3.87. The van der Waals surface area contributed by atoms with Crippen LogP contribution in [0, 0.1) is 0 Å². The van der Waals surface area contributed by atoms with Gasteiger partial charge in [0.1, 0.15) is 5.69 Å². The molecule has 1 atom stereocenters. The van der Waals surface area contributed by atoms with Crippen LogP contribution in [-0.2, 0) is 16.1 Å². The fraction of sp³-hybridized carbons (Fsp3) is 0.368. The van der Waals surface area contributed by atoms with Gasteiger partial charge >= 0.3 is 0 Å². The lowest BCUT2D eigenvalue weighted by Gasteiger charge is -2.23. The van der Waals surface area contributed by atoms with Gasteiger partial charge in [0.2, 0.25) is 0 Å². The zero-order valence-corrected chi connectivity index (χ0v) is 16.3. The number of carbonyl (C=O) groups is 2. The Kier molecular flexibility index (Phi) is 7.46. The quantitative estimate of drug-likeness (QED) is 0.509. The van der Waals surface area contributed by atoms with E-state index in [0.29, 0.717) is 13.1 Å². The van der Waals surface area contributed by atoms with Crippen LogP contribution >= 0.6 is 0 Å². The fourth-order valence-electron chi connectivity index (χ4n) is 2.97. The van der Waals surface area contributed by atoms with Gasteiger partial charge < -0.3 is 25.2 Å². The summed E-state index contributed by atoms with van der Waals surface area (Å²) in [4.78, 5) is 22.5. The van der Waals surface area contributed by atoms with Gasteiger partial charge in [-0.2, -0.15) is 5.10 Å². The predicted octanol–water partition coefficient (Wildman–Crippen LogP) is 1.10. The van der Waals surface area contributed by atoms with E-state index in [1.807, 2.05) is 39.5 Å². The number of aliphatic carboxylic acids is 2. The summed E-state index contributed by atoms with van der Waals surface area (Å²) >= 11 is 0. The third kappa shape index (κ3) is 6.40. The lowest BCUT2D eigenvalue weighted by atomic mass is 10.0. The number of carboxylic acid groups (broad SMARTS) is 2. The molecule has 29 heavy (non-hydrogen) atoms. The highest BCUT2D eigenvalue weighted by molar-refractivity contribution is 5.63. The number of nitrogens with one attached hydrogen (secondary N) is 1. The van der Waals surface area contributed by atoms with Gasteiger partial charge in [0.15, 0.2) is 5.82 Å². The van der Waals surface area contributed by atoms with Crippen molar-refractivity contribution in [2.45, 2.75) is 32.4 Å². The van der Waals surface area contributed by atoms with Gasteiger partial charge in [-0.3, -0.25) is 9.59 Å². The maximum atomic E-state index is 10.6. The number of aliphatic hydroxyl groups is 1. The Morgan fingerprint density at radius 1 is 1.17 bits per heavy atom. The van der Waals surface area contributed by atoms with E-state index in [9.17, 15) is 5.11 Å². The Morgan fingerprint density at radius 3 is 2.48 bits per heavy atom. The minimum atomic E-state index is -0.833. The summed E-state index contributed by atoms with van der Waals surface area (Å²) in [6.45, 7) is 4.18. The molecule has 0 spiro atoms. The molecule has 3 aromatic heterocycles. The first kappa shape index (κ1) is 22.1. The summed E-state index contributed by atoms with van der Waals surface area (Å²) in [5.74, 6) is -0.843. The summed E-state index contributed by atoms with van der Waals surface area (Å²) in [5, 5.41) is 33.0. The Morgan fingerprint density at radius 2 is 1.86 bits per heavy atom. The van der Waals surface area contributed by atoms with E-state index < -0.39 is 17.5 Å². The number of rotatable bonds is 3. The predicted molar refractivity (Wildman–Crippen MR) is 105 cm³/mol. The van der Waals surface area contributed by atoms with E-state index in [0.717, 1.165) is 43.8 Å². The van der Waals surface area contributed by atoms with E-state index in [2.05, 4.69) is 15.4 Å². The molecule has 4 heterocycles. The zero-order chi connectivity index (χ0) is 21.4. The first-order valence-electron chi connectivity index (χ1n) is 8.98. The molecule has 10 heteroatoms. The lowest BCUT2D eigenvalue weighted by Crippen LogP contribution is -2.36. The first-order valence-corrected chi connectivity index (χ1v) is 8.98. The average molecular weight is 403 g/mol. The van der Waals surface area contributed by atoms with Crippen LogP contribution in [0.3, 0.4) is 0 Å². The third-order valence-electron chi connectivity index (χ3n) is 4.05. The maximum Gasteiger partial charge on any atom is 0.300 e. The topological polar surface area (TPSA) is 142 Å². The first-order chi connectivity index (χ1) is 13.7. The second-order valence-corrected chi connectivity index (χ2v) is 6.65. The Balaban J connectivity index is 0.000000324. The monoisotopic (exact) mass is 403 g/mol. The number of pyridine rings is 1. The SMILES string of the molecule is CC(=O)O.CC(=O)O.OC1(Cn2ccnc2-c2cccc3ccnn23)CCNC1. The van der Waals surface area contributed by atoms with Gasteiger partial charge in [0.25, 0.3) is 11.9 Å². The molecule has 0 radical (unpaired) electrons. The standard InChI is InChI=1S/C15H17N5O.2C2H4O2/c21-15(5-7-16-10-15)11-19-9-8-17-14(19)13-3-1-2-12-4-6-18-20(12)13;2*1-2(3)4/h1-4,6,8-9,16,21H,5,7,10-11H2;2*1H3,(H,3,4). The van der Waals surface area contributed by atoms with E-state index in [4.69, 9.17) is 19.8 Å². The normalized spacial score (nSPS) is 17.8. The highest BCUT2D eigenvalue weighted by Gasteiger charge is 2.32. The summed E-state index contributed by atoms with van der Waals surface area (Å²) in [5.41, 5.74) is 1.26. The van der Waals surface area contributed by atoms with Crippen molar-refractivity contribution in [2.24, 2.45) is 0 Å². The molecule has 1 saturated heterocycles. The Labute approximate surface area is 167 Å². The number of nitrogens with zero attached hydrogens (tertiary/aromatic N) is 4. The van der Waals surface area contributed by atoms with Gasteiger partial charge in [-0.15, -0.1) is 0 Å². The fourth-order valence-corrected chi connectivity index (χ4v) is 2.97. The van der Waals surface area contributed by atoms with E-state index in [-0.39, 0.29) is 0 Å². The smallest absolute Gasteiger partial charge is 0.300 e. The molecule has 1 aliphatic rings. The number of aromatic nitrogens is 4. The third-order valence-corrected chi connectivity index (χ3v) is 4.05. The summed E-state index contributed by atoms with van der Waals surface area (Å²) in [7, 11) is 0. The molecule has 3 aromatic rings. The van der Waals surface area contributed by atoms with E-state index >= 15 is 0 Å². The summed E-state index contributed by atoms with van der Waals surface area (Å²) in [6.07, 6.45) is 6.22. The van der Waals surface area contributed by atoms with Crippen LogP contribution in [0.4, 0.5) is 0 Å². The van der Waals surface area contributed by atoms with Crippen molar-refractivity contribution in [3.8, 4) is 11.5 Å². The van der Waals surface area contributed by atoms with Crippen LogP contribution in [-0.4, -0.2) is 65.1 Å². The molecule has 0 aromatic carbocycles. The van der Waals surface area contributed by atoms with Gasteiger partial charge in [0.05, 0.1) is 23.9 Å². The molecule has 4 rings (SSSR count). The van der Waals surface area contributed by atoms with Gasteiger partial charge in [-0.05, 0) is 31.2 Å². The van der Waals surface area contributed by atoms with Gasteiger partial charge in [-0.1, -0.05) is 6.07 Å². The lowest BCUT2D eigenvalue weighted by molar-refractivity contribution is -0.135. The molecule has 0 aliphatic carbocycles. The minimum absolute atomic E-state index is 0.535. The highest BCUT2D eigenvalue weighted by atomic mass is 16.4. The average Bonchev–Trinajstić information content (AvgIpc) is 3.34. The summed E-state index contributed by atoms with van der Waals surface area (Å²) in [6, 6.07) is 7.97. The molecular formula is C19H25N5O5. The number of β-amino-alcohol motifs (C(OH)–C–C–N with tert-alkyl or cyclic N) is 1. The van der Waals surface area contributed by atoms with Crippen molar-refractivity contribution in [3.63, 3.8) is 0 Å². The van der Waals surface area contributed by atoms with Crippen LogP contribution in [0.25, 0.3) is 17.0 Å². The Bertz CT molecular complexity index is 939. The minimum Gasteiger partial charge on any atom is -0.481 e. The van der Waals surface area contributed by atoms with Crippen molar-refractivity contribution in [1.29, 1.82) is 0 Å². The highest BCUT2D eigenvalue weighted by Crippen LogP contribution is 2.23. The molecule has 1 aliphatic heterocycles. The van der Waals surface area contributed by atoms with Gasteiger partial charge in [0, 0.05) is 32.8 Å². The van der Waals surface area contributed by atoms with E-state index in [1.165, 1.54) is 0 Å². The molecule has 0 saturated carbocycles. The van der Waals surface area contributed by atoms with Crippen molar-refractivity contribution in [2.75, 3.05) is 13.1 Å². The van der Waals surface area contributed by atoms with Crippen molar-refractivity contribution < 1.29 is 24.9 Å². The number of fused-ring (bicyclic) bond motifs is 1. The molecule has 0 bridgehead atoms. The van der Waals surface area contributed by atoms with Crippen molar-refractivity contribution in [1.82, 2.24) is 24.5 Å². The molecule has 1 unspecified atom stereocenters. The van der Waals surface area contributed by atoms with Crippen LogP contribution in [0.15, 0.2) is 42.9 Å². The maximum absolute atomic E-state index is 10.6. The number of imidazole rings is 1. The van der Waals surface area contributed by atoms with Crippen molar-refractivity contribution in [3.05, 3.63) is 42.9 Å². The zero-order valence-electron chi connectivity index (χ0n) is 16.3.